The second-order valence-corrected chi connectivity index (χ2v) is 4.76. The Kier molecular flexibility index (Phi) is 5.61. The van der Waals surface area contributed by atoms with Crippen LogP contribution >= 0.6 is 15.9 Å². The maximum Gasteiger partial charge on any atom is 0.335 e. The molecule has 0 radical (unpaired) electrons. The van der Waals surface area contributed by atoms with Crippen molar-refractivity contribution >= 4 is 21.9 Å². The Morgan fingerprint density at radius 3 is 2.76 bits per heavy atom. The van der Waals surface area contributed by atoms with Gasteiger partial charge in [0.25, 0.3) is 0 Å². The number of aliphatic hydroxyl groups excluding tert-OH is 1. The number of benzene rings is 1. The minimum atomic E-state index is -0.932. The highest BCUT2D eigenvalue weighted by Gasteiger charge is 2.07. The Morgan fingerprint density at radius 2 is 2.24 bits per heavy atom. The predicted octanol–water partition coefficient (Wildman–Crippen LogP) is 2.01. The number of aromatic carboxylic acids is 1. The Balaban J connectivity index is 2.63. The van der Waals surface area contributed by atoms with Gasteiger partial charge in [-0.15, -0.1) is 0 Å². The second-order valence-electron chi connectivity index (χ2n) is 3.91. The van der Waals surface area contributed by atoms with Gasteiger partial charge < -0.3 is 15.5 Å². The van der Waals surface area contributed by atoms with Gasteiger partial charge in [-0.1, -0.05) is 22.0 Å². The van der Waals surface area contributed by atoms with E-state index in [1.165, 1.54) is 0 Å². The number of rotatable bonds is 6. The Bertz CT molecular complexity index is 395. The number of carbonyl (C=O) groups is 1. The van der Waals surface area contributed by atoms with Crippen molar-refractivity contribution in [1.82, 2.24) is 5.32 Å². The Hall–Kier alpha value is -0.910. The van der Waals surface area contributed by atoms with Crippen molar-refractivity contribution in [2.45, 2.75) is 25.9 Å². The van der Waals surface area contributed by atoms with E-state index < -0.39 is 5.97 Å². The highest BCUT2D eigenvalue weighted by Crippen LogP contribution is 2.18. The van der Waals surface area contributed by atoms with Crippen LogP contribution in [0.5, 0.6) is 0 Å². The van der Waals surface area contributed by atoms with Crippen LogP contribution in [0.4, 0.5) is 0 Å². The zero-order chi connectivity index (χ0) is 12.8. The van der Waals surface area contributed by atoms with Crippen LogP contribution in [-0.2, 0) is 6.54 Å². The minimum absolute atomic E-state index is 0.160. The fraction of sp³-hybridized carbons (Fsp3) is 0.417. The van der Waals surface area contributed by atoms with Crippen LogP contribution in [0, 0.1) is 0 Å². The molecular formula is C12H16BrNO3. The predicted molar refractivity (Wildman–Crippen MR) is 69.1 cm³/mol. The first kappa shape index (κ1) is 14.2. The third kappa shape index (κ3) is 4.46. The third-order valence-corrected chi connectivity index (χ3v) is 3.24. The number of halogens is 1. The molecule has 0 unspecified atom stereocenters. The fourth-order valence-corrected chi connectivity index (χ4v) is 1.92. The van der Waals surface area contributed by atoms with Crippen molar-refractivity contribution in [3.8, 4) is 0 Å². The standard InChI is InChI=1S/C12H16BrNO3/c1-8(4-5-15)14-7-10-3-2-9(12(16)17)6-11(10)13/h2-3,6,8,14-15H,4-5,7H2,1H3,(H,16,17)/t8-/m0/s1. The molecule has 4 nitrogen and oxygen atoms in total. The molecule has 3 N–H and O–H groups in total. The lowest BCUT2D eigenvalue weighted by atomic mass is 10.1. The van der Waals surface area contributed by atoms with E-state index in [4.69, 9.17) is 10.2 Å². The molecule has 0 aromatic heterocycles. The molecule has 0 heterocycles. The van der Waals surface area contributed by atoms with Crippen LogP contribution in [0.25, 0.3) is 0 Å². The molecule has 0 fully saturated rings. The summed E-state index contributed by atoms with van der Waals surface area (Å²) in [5, 5.41) is 20.8. The van der Waals surface area contributed by atoms with Gasteiger partial charge in [0.15, 0.2) is 0 Å². The normalized spacial score (nSPS) is 12.4. The molecule has 0 saturated heterocycles. The van der Waals surface area contributed by atoms with Gasteiger partial charge in [0.1, 0.15) is 0 Å². The van der Waals surface area contributed by atoms with Crippen LogP contribution in [0.1, 0.15) is 29.3 Å². The van der Waals surface area contributed by atoms with E-state index >= 15 is 0 Å². The summed E-state index contributed by atoms with van der Waals surface area (Å²) >= 11 is 3.35. The van der Waals surface area contributed by atoms with Gasteiger partial charge >= 0.3 is 5.97 Å². The van der Waals surface area contributed by atoms with Crippen molar-refractivity contribution in [3.63, 3.8) is 0 Å². The van der Waals surface area contributed by atoms with E-state index in [-0.39, 0.29) is 18.2 Å². The van der Waals surface area contributed by atoms with Crippen LogP contribution in [0.2, 0.25) is 0 Å². The number of carboxylic acid groups (broad SMARTS) is 1. The molecule has 0 spiro atoms. The SMILES string of the molecule is C[C@@H](CCO)NCc1ccc(C(=O)O)cc1Br. The summed E-state index contributed by atoms with van der Waals surface area (Å²) in [4.78, 5) is 10.8. The molecule has 1 rings (SSSR count). The van der Waals surface area contributed by atoms with E-state index in [0.29, 0.717) is 13.0 Å². The van der Waals surface area contributed by atoms with Crippen molar-refractivity contribution in [2.24, 2.45) is 0 Å². The van der Waals surface area contributed by atoms with E-state index in [9.17, 15) is 4.79 Å². The lowest BCUT2D eigenvalue weighted by molar-refractivity contribution is 0.0697. The number of carboxylic acids is 1. The third-order valence-electron chi connectivity index (χ3n) is 2.50. The Labute approximate surface area is 109 Å². The van der Waals surface area contributed by atoms with Crippen LogP contribution in [-0.4, -0.2) is 28.8 Å². The smallest absolute Gasteiger partial charge is 0.335 e. The second kappa shape index (κ2) is 6.74. The topological polar surface area (TPSA) is 69.6 Å². The maximum absolute atomic E-state index is 10.8. The average Bonchev–Trinajstić information content (AvgIpc) is 2.27. The average molecular weight is 302 g/mol. The van der Waals surface area contributed by atoms with Gasteiger partial charge in [-0.25, -0.2) is 4.79 Å². The van der Waals surface area contributed by atoms with Gasteiger partial charge in [0, 0.05) is 23.7 Å². The summed E-state index contributed by atoms with van der Waals surface area (Å²) in [5.74, 6) is -0.932. The molecule has 0 aliphatic carbocycles. The maximum atomic E-state index is 10.8. The van der Waals surface area contributed by atoms with Gasteiger partial charge in [0.05, 0.1) is 5.56 Å². The highest BCUT2D eigenvalue weighted by molar-refractivity contribution is 9.10. The lowest BCUT2D eigenvalue weighted by Gasteiger charge is -2.13. The first-order valence-corrected chi connectivity index (χ1v) is 6.20. The van der Waals surface area contributed by atoms with E-state index in [1.54, 1.807) is 18.2 Å². The van der Waals surface area contributed by atoms with E-state index in [2.05, 4.69) is 21.2 Å². The molecule has 5 heteroatoms. The molecule has 94 valence electrons. The van der Waals surface area contributed by atoms with Gasteiger partial charge in [-0.2, -0.15) is 0 Å². The first-order valence-electron chi connectivity index (χ1n) is 5.40. The minimum Gasteiger partial charge on any atom is -0.478 e. The fourth-order valence-electron chi connectivity index (χ4n) is 1.40. The largest absolute Gasteiger partial charge is 0.478 e. The van der Waals surface area contributed by atoms with Gasteiger partial charge in [-0.05, 0) is 31.0 Å². The molecule has 1 atom stereocenters. The molecule has 0 bridgehead atoms. The van der Waals surface area contributed by atoms with Crippen LogP contribution in [0.3, 0.4) is 0 Å². The zero-order valence-corrected chi connectivity index (χ0v) is 11.2. The lowest BCUT2D eigenvalue weighted by Crippen LogP contribution is -2.26. The molecule has 0 amide bonds. The summed E-state index contributed by atoms with van der Waals surface area (Å²) in [6, 6.07) is 5.19. The van der Waals surface area contributed by atoms with Gasteiger partial charge in [0.2, 0.25) is 0 Å². The first-order chi connectivity index (χ1) is 8.04. The molecule has 17 heavy (non-hydrogen) atoms. The molecule has 0 aliphatic rings. The summed E-state index contributed by atoms with van der Waals surface area (Å²) < 4.78 is 0.779. The van der Waals surface area contributed by atoms with Crippen LogP contribution in [0.15, 0.2) is 22.7 Å². The quantitative estimate of drug-likeness (QED) is 0.752. The summed E-state index contributed by atoms with van der Waals surface area (Å²) in [6.07, 6.45) is 0.699. The number of hydrogen-bond acceptors (Lipinski definition) is 3. The molecule has 1 aromatic rings. The Morgan fingerprint density at radius 1 is 1.53 bits per heavy atom. The van der Waals surface area contributed by atoms with Crippen molar-refractivity contribution in [1.29, 1.82) is 0 Å². The van der Waals surface area contributed by atoms with Gasteiger partial charge in [-0.3, -0.25) is 0 Å². The van der Waals surface area contributed by atoms with E-state index in [1.807, 2.05) is 6.92 Å². The number of hydrogen-bond donors (Lipinski definition) is 3. The molecular weight excluding hydrogens is 286 g/mol. The van der Waals surface area contributed by atoms with Crippen molar-refractivity contribution in [3.05, 3.63) is 33.8 Å². The van der Waals surface area contributed by atoms with Crippen LogP contribution < -0.4 is 5.32 Å². The van der Waals surface area contributed by atoms with Crippen molar-refractivity contribution in [2.75, 3.05) is 6.61 Å². The zero-order valence-electron chi connectivity index (χ0n) is 9.61. The van der Waals surface area contributed by atoms with E-state index in [0.717, 1.165) is 10.0 Å². The summed E-state index contributed by atoms with van der Waals surface area (Å²) in [5.41, 5.74) is 1.27. The molecule has 1 aromatic carbocycles. The highest BCUT2D eigenvalue weighted by atomic mass is 79.9. The number of nitrogens with one attached hydrogen (secondary N) is 1. The number of aliphatic hydroxyl groups is 1. The monoisotopic (exact) mass is 301 g/mol. The molecule has 0 saturated carbocycles. The summed E-state index contributed by atoms with van der Waals surface area (Å²) in [6.45, 7) is 2.80. The van der Waals surface area contributed by atoms with Crippen molar-refractivity contribution < 1.29 is 15.0 Å². The molecule has 0 aliphatic heterocycles. The summed E-state index contributed by atoms with van der Waals surface area (Å²) in [7, 11) is 0.